The van der Waals surface area contributed by atoms with Crippen molar-refractivity contribution in [3.63, 3.8) is 0 Å². The van der Waals surface area contributed by atoms with Crippen LogP contribution in [-0.2, 0) is 0 Å². The van der Waals surface area contributed by atoms with Gasteiger partial charge in [-0.25, -0.2) is 0 Å². The van der Waals surface area contributed by atoms with Gasteiger partial charge in [0.05, 0.1) is 6.21 Å². The number of benzene rings is 2. The summed E-state index contributed by atoms with van der Waals surface area (Å²) in [5.41, 5.74) is 5.07. The van der Waals surface area contributed by atoms with Gasteiger partial charge in [0, 0.05) is 30.6 Å². The molecule has 0 fully saturated rings. The highest BCUT2D eigenvalue weighted by Crippen LogP contribution is 2.25. The van der Waals surface area contributed by atoms with E-state index in [1.165, 1.54) is 0 Å². The van der Waals surface area contributed by atoms with Gasteiger partial charge in [0.1, 0.15) is 0 Å². The standard InChI is InChI=1S/C17H16ClN5/c1-23(2)13-9-7-12(8-10-13)11-19-21-17-15-6-4-3-5-14(15)16(18)20-22-17/h3-11H,1-2H3,(H,21,22)/b19-11+. The number of hydrazone groups is 1. The van der Waals surface area contributed by atoms with E-state index in [1.807, 2.05) is 62.6 Å². The summed E-state index contributed by atoms with van der Waals surface area (Å²) in [7, 11) is 4.02. The van der Waals surface area contributed by atoms with Gasteiger partial charge in [-0.2, -0.15) is 5.10 Å². The number of hydrogen-bond donors (Lipinski definition) is 1. The Morgan fingerprint density at radius 2 is 1.70 bits per heavy atom. The van der Waals surface area contributed by atoms with Crippen LogP contribution < -0.4 is 10.3 Å². The molecule has 116 valence electrons. The zero-order valence-electron chi connectivity index (χ0n) is 12.9. The van der Waals surface area contributed by atoms with Crippen molar-refractivity contribution in [2.75, 3.05) is 24.4 Å². The van der Waals surface area contributed by atoms with E-state index in [0.29, 0.717) is 11.0 Å². The van der Waals surface area contributed by atoms with Crippen molar-refractivity contribution < 1.29 is 0 Å². The molecule has 0 aliphatic carbocycles. The second-order valence-corrected chi connectivity index (χ2v) is 5.60. The van der Waals surface area contributed by atoms with Crippen LogP contribution in [0.4, 0.5) is 11.5 Å². The van der Waals surface area contributed by atoms with Crippen LogP contribution in [0.2, 0.25) is 5.15 Å². The molecule has 0 saturated carbocycles. The van der Waals surface area contributed by atoms with E-state index in [4.69, 9.17) is 11.6 Å². The molecule has 0 bridgehead atoms. The fourth-order valence-electron chi connectivity index (χ4n) is 2.18. The molecule has 2 aromatic carbocycles. The number of anilines is 2. The molecule has 0 aliphatic rings. The van der Waals surface area contributed by atoms with Crippen molar-refractivity contribution in [2.45, 2.75) is 0 Å². The highest BCUT2D eigenvalue weighted by molar-refractivity contribution is 6.34. The Kier molecular flexibility index (Phi) is 4.39. The van der Waals surface area contributed by atoms with Crippen molar-refractivity contribution >= 4 is 40.1 Å². The average molecular weight is 326 g/mol. The van der Waals surface area contributed by atoms with E-state index in [2.05, 4.69) is 25.6 Å². The molecule has 1 N–H and O–H groups in total. The predicted molar refractivity (Wildman–Crippen MR) is 96.5 cm³/mol. The lowest BCUT2D eigenvalue weighted by atomic mass is 10.2. The van der Waals surface area contributed by atoms with Crippen molar-refractivity contribution in [1.29, 1.82) is 0 Å². The summed E-state index contributed by atoms with van der Waals surface area (Å²) in [4.78, 5) is 2.05. The molecule has 1 aromatic heterocycles. The minimum Gasteiger partial charge on any atom is -0.378 e. The van der Waals surface area contributed by atoms with Crippen molar-refractivity contribution in [1.82, 2.24) is 10.2 Å². The maximum atomic E-state index is 6.06. The lowest BCUT2D eigenvalue weighted by molar-refractivity contribution is 1.04. The van der Waals surface area contributed by atoms with Crippen LogP contribution in [0.3, 0.4) is 0 Å². The number of aromatic nitrogens is 2. The lowest BCUT2D eigenvalue weighted by Gasteiger charge is -2.11. The van der Waals surface area contributed by atoms with E-state index in [0.717, 1.165) is 22.0 Å². The molecular weight excluding hydrogens is 310 g/mol. The van der Waals surface area contributed by atoms with Crippen LogP contribution >= 0.6 is 11.6 Å². The number of halogens is 1. The zero-order valence-corrected chi connectivity index (χ0v) is 13.6. The largest absolute Gasteiger partial charge is 0.378 e. The van der Waals surface area contributed by atoms with Crippen LogP contribution in [-0.4, -0.2) is 30.5 Å². The number of rotatable bonds is 4. The van der Waals surface area contributed by atoms with E-state index in [1.54, 1.807) is 6.21 Å². The molecule has 0 atom stereocenters. The van der Waals surface area contributed by atoms with Crippen molar-refractivity contribution in [3.8, 4) is 0 Å². The van der Waals surface area contributed by atoms with Crippen LogP contribution in [0, 0.1) is 0 Å². The molecule has 0 amide bonds. The highest BCUT2D eigenvalue weighted by Gasteiger charge is 2.06. The number of nitrogens with zero attached hydrogens (tertiary/aromatic N) is 4. The summed E-state index contributed by atoms with van der Waals surface area (Å²) >= 11 is 6.06. The second kappa shape index (κ2) is 6.62. The van der Waals surface area contributed by atoms with Crippen molar-refractivity contribution in [2.24, 2.45) is 5.10 Å². The maximum Gasteiger partial charge on any atom is 0.176 e. The fourth-order valence-corrected chi connectivity index (χ4v) is 2.38. The maximum absolute atomic E-state index is 6.06. The van der Waals surface area contributed by atoms with Gasteiger partial charge in [-0.05, 0) is 17.7 Å². The smallest absolute Gasteiger partial charge is 0.176 e. The number of nitrogens with one attached hydrogen (secondary N) is 1. The van der Waals surface area contributed by atoms with Crippen LogP contribution in [0.1, 0.15) is 5.56 Å². The highest BCUT2D eigenvalue weighted by atomic mass is 35.5. The third-order valence-electron chi connectivity index (χ3n) is 3.44. The first-order chi connectivity index (χ1) is 11.1. The van der Waals surface area contributed by atoms with Crippen LogP contribution in [0.25, 0.3) is 10.8 Å². The van der Waals surface area contributed by atoms with E-state index >= 15 is 0 Å². The third-order valence-corrected chi connectivity index (χ3v) is 3.71. The Bertz CT molecular complexity index is 843. The normalized spacial score (nSPS) is 11.1. The Morgan fingerprint density at radius 1 is 1.00 bits per heavy atom. The Labute approximate surface area is 139 Å². The van der Waals surface area contributed by atoms with Crippen molar-refractivity contribution in [3.05, 3.63) is 59.2 Å². The first-order valence-electron chi connectivity index (χ1n) is 7.12. The summed E-state index contributed by atoms with van der Waals surface area (Å²) in [6.07, 6.45) is 1.74. The molecule has 0 radical (unpaired) electrons. The average Bonchev–Trinajstić information content (AvgIpc) is 2.58. The third kappa shape index (κ3) is 3.40. The SMILES string of the molecule is CN(C)c1ccc(/C=N/Nc2nnc(Cl)c3ccccc23)cc1. The van der Waals surface area contributed by atoms with E-state index in [9.17, 15) is 0 Å². The zero-order chi connectivity index (χ0) is 16.2. The summed E-state index contributed by atoms with van der Waals surface area (Å²) in [5.74, 6) is 0.575. The summed E-state index contributed by atoms with van der Waals surface area (Å²) < 4.78 is 0. The predicted octanol–water partition coefficient (Wildman–Crippen LogP) is 3.80. The van der Waals surface area contributed by atoms with E-state index < -0.39 is 0 Å². The van der Waals surface area contributed by atoms with Gasteiger partial charge in [-0.1, -0.05) is 48.0 Å². The lowest BCUT2D eigenvalue weighted by Crippen LogP contribution is -2.08. The quantitative estimate of drug-likeness (QED) is 0.585. The van der Waals surface area contributed by atoms with Gasteiger partial charge in [-0.3, -0.25) is 5.43 Å². The summed E-state index contributed by atoms with van der Waals surface area (Å²) in [6.45, 7) is 0. The Balaban J connectivity index is 1.79. The molecule has 1 heterocycles. The molecule has 0 aliphatic heterocycles. The van der Waals surface area contributed by atoms with Crippen LogP contribution in [0.15, 0.2) is 53.6 Å². The fraction of sp³-hybridized carbons (Fsp3) is 0.118. The monoisotopic (exact) mass is 325 g/mol. The van der Waals surface area contributed by atoms with Gasteiger partial charge < -0.3 is 4.90 Å². The Hall–Kier alpha value is -2.66. The first kappa shape index (κ1) is 15.2. The molecule has 3 rings (SSSR count). The minimum atomic E-state index is 0.384. The second-order valence-electron chi connectivity index (χ2n) is 5.24. The van der Waals surface area contributed by atoms with Crippen LogP contribution in [0.5, 0.6) is 0 Å². The molecule has 0 saturated heterocycles. The Morgan fingerprint density at radius 3 is 2.39 bits per heavy atom. The van der Waals surface area contributed by atoms with Gasteiger partial charge in [0.2, 0.25) is 0 Å². The molecule has 0 spiro atoms. The topological polar surface area (TPSA) is 53.4 Å². The van der Waals surface area contributed by atoms with E-state index in [-0.39, 0.29) is 0 Å². The first-order valence-corrected chi connectivity index (χ1v) is 7.50. The van der Waals surface area contributed by atoms with Gasteiger partial charge in [0.25, 0.3) is 0 Å². The number of hydrogen-bond acceptors (Lipinski definition) is 5. The van der Waals surface area contributed by atoms with Gasteiger partial charge in [-0.15, -0.1) is 10.2 Å². The molecular formula is C17H16ClN5. The van der Waals surface area contributed by atoms with Gasteiger partial charge >= 0.3 is 0 Å². The summed E-state index contributed by atoms with van der Waals surface area (Å²) in [5, 5.41) is 14.3. The molecule has 5 nitrogen and oxygen atoms in total. The molecule has 23 heavy (non-hydrogen) atoms. The minimum absolute atomic E-state index is 0.384. The van der Waals surface area contributed by atoms with Gasteiger partial charge in [0.15, 0.2) is 11.0 Å². The molecule has 0 unspecified atom stereocenters. The molecule has 3 aromatic rings. The molecule has 6 heteroatoms. The summed E-state index contributed by atoms with van der Waals surface area (Å²) in [6, 6.07) is 15.8. The number of fused-ring (bicyclic) bond motifs is 1.